The quantitative estimate of drug-likeness (QED) is 0.564. The van der Waals surface area contributed by atoms with Gasteiger partial charge in [0, 0.05) is 17.0 Å². The molecule has 1 aliphatic heterocycles. The minimum Gasteiger partial charge on any atom is -0.464 e. The van der Waals surface area contributed by atoms with Crippen molar-refractivity contribution in [3.05, 3.63) is 72.1 Å². The average molecular weight is 358 g/mol. The monoisotopic (exact) mass is 358 g/mol. The lowest BCUT2D eigenvalue weighted by Gasteiger charge is -2.33. The van der Waals surface area contributed by atoms with Crippen LogP contribution in [0.3, 0.4) is 0 Å². The minimum absolute atomic E-state index is 0.376. The smallest absolute Gasteiger partial charge is 0.137 e. The van der Waals surface area contributed by atoms with Crippen LogP contribution >= 0.6 is 0 Å². The zero-order valence-electron chi connectivity index (χ0n) is 15.1. The maximum atomic E-state index is 5.84. The summed E-state index contributed by atoms with van der Waals surface area (Å²) >= 11 is 0. The maximum absolute atomic E-state index is 5.84. The lowest BCUT2D eigenvalue weighted by molar-refractivity contribution is 0.282. The van der Waals surface area contributed by atoms with Crippen molar-refractivity contribution in [1.29, 1.82) is 0 Å². The largest absolute Gasteiger partial charge is 0.464 e. The van der Waals surface area contributed by atoms with E-state index in [0.29, 0.717) is 12.0 Å². The number of hydrogen-bond donors (Lipinski definition) is 2. The number of aromatic amines is 1. The maximum Gasteiger partial charge on any atom is 0.137 e. The van der Waals surface area contributed by atoms with Crippen molar-refractivity contribution in [2.75, 3.05) is 6.54 Å². The van der Waals surface area contributed by atoms with E-state index in [9.17, 15) is 0 Å². The predicted molar refractivity (Wildman–Crippen MR) is 105 cm³/mol. The van der Waals surface area contributed by atoms with Crippen LogP contribution in [0.2, 0.25) is 0 Å². The van der Waals surface area contributed by atoms with Crippen molar-refractivity contribution in [2.45, 2.75) is 25.3 Å². The summed E-state index contributed by atoms with van der Waals surface area (Å²) in [5, 5.41) is 15.8. The molecule has 3 heterocycles. The SMILES string of the molecule is c1ccc([C@H]2NCCC[C@@H]2Cc2cc(-c3cn[nH]n3)cc3ccoc23)cc1. The molecule has 2 aromatic carbocycles. The molecule has 0 radical (unpaired) electrons. The highest BCUT2D eigenvalue weighted by Crippen LogP contribution is 2.35. The molecule has 0 spiro atoms. The molecule has 5 rings (SSSR count). The van der Waals surface area contributed by atoms with Crippen LogP contribution in [0.4, 0.5) is 0 Å². The highest BCUT2D eigenvalue weighted by atomic mass is 16.3. The zero-order valence-corrected chi connectivity index (χ0v) is 15.1. The molecule has 0 aliphatic carbocycles. The molecule has 5 heteroatoms. The molecule has 136 valence electrons. The normalized spacial score (nSPS) is 20.1. The van der Waals surface area contributed by atoms with Crippen LogP contribution in [0.1, 0.15) is 30.0 Å². The number of nitrogens with one attached hydrogen (secondary N) is 2. The molecular formula is C22H22N4O. The van der Waals surface area contributed by atoms with Crippen LogP contribution in [0.15, 0.2) is 65.4 Å². The molecule has 27 heavy (non-hydrogen) atoms. The number of fused-ring (bicyclic) bond motifs is 1. The number of hydrogen-bond acceptors (Lipinski definition) is 4. The lowest BCUT2D eigenvalue weighted by Crippen LogP contribution is -2.35. The Morgan fingerprint density at radius 1 is 1.11 bits per heavy atom. The van der Waals surface area contributed by atoms with Gasteiger partial charge in [0.05, 0.1) is 12.5 Å². The van der Waals surface area contributed by atoms with Crippen molar-refractivity contribution in [3.8, 4) is 11.3 Å². The third-order valence-electron chi connectivity index (χ3n) is 5.57. The van der Waals surface area contributed by atoms with Crippen LogP contribution in [-0.4, -0.2) is 22.0 Å². The van der Waals surface area contributed by atoms with Gasteiger partial charge in [0.1, 0.15) is 11.3 Å². The first-order valence-electron chi connectivity index (χ1n) is 9.53. The predicted octanol–water partition coefficient (Wildman–Crippen LogP) is 4.50. The van der Waals surface area contributed by atoms with Gasteiger partial charge in [-0.3, -0.25) is 0 Å². The molecule has 0 bridgehead atoms. The van der Waals surface area contributed by atoms with Gasteiger partial charge in [-0.25, -0.2) is 0 Å². The summed E-state index contributed by atoms with van der Waals surface area (Å²) < 4.78 is 5.84. The second-order valence-electron chi connectivity index (χ2n) is 7.28. The van der Waals surface area contributed by atoms with Gasteiger partial charge in [-0.05, 0) is 61.1 Å². The van der Waals surface area contributed by atoms with Crippen LogP contribution in [-0.2, 0) is 6.42 Å². The highest BCUT2D eigenvalue weighted by molar-refractivity contribution is 5.85. The summed E-state index contributed by atoms with van der Waals surface area (Å²) in [5.74, 6) is 0.530. The summed E-state index contributed by atoms with van der Waals surface area (Å²) in [4.78, 5) is 0. The Hall–Kier alpha value is -2.92. The number of piperidine rings is 1. The number of rotatable bonds is 4. The molecule has 2 aromatic heterocycles. The third-order valence-corrected chi connectivity index (χ3v) is 5.57. The standard InChI is InChI=1S/C22H22N4O/c1-2-5-15(6-3-1)21-16(7-4-9-23-21)11-19-13-18(20-14-24-26-25-20)12-17-8-10-27-22(17)19/h1-3,5-6,8,10,12-14,16,21,23H,4,7,9,11H2,(H,24,25,26)/t16-,21-/m1/s1. The van der Waals surface area contributed by atoms with E-state index >= 15 is 0 Å². The molecule has 1 saturated heterocycles. The highest BCUT2D eigenvalue weighted by Gasteiger charge is 2.27. The number of H-pyrrole nitrogens is 1. The van der Waals surface area contributed by atoms with Crippen LogP contribution in [0.25, 0.3) is 22.2 Å². The Kier molecular flexibility index (Phi) is 4.22. The first-order valence-corrected chi connectivity index (χ1v) is 9.53. The van der Waals surface area contributed by atoms with E-state index in [2.05, 4.69) is 63.2 Å². The average Bonchev–Trinajstić information content (AvgIpc) is 3.41. The van der Waals surface area contributed by atoms with Gasteiger partial charge in [0.25, 0.3) is 0 Å². The Morgan fingerprint density at radius 2 is 2.04 bits per heavy atom. The molecule has 0 amide bonds. The van der Waals surface area contributed by atoms with E-state index in [0.717, 1.165) is 35.2 Å². The molecule has 0 saturated carbocycles. The summed E-state index contributed by atoms with van der Waals surface area (Å²) in [6.45, 7) is 1.07. The Bertz CT molecular complexity index is 1020. The lowest BCUT2D eigenvalue weighted by atomic mass is 9.81. The van der Waals surface area contributed by atoms with E-state index in [1.807, 2.05) is 6.07 Å². The fraction of sp³-hybridized carbons (Fsp3) is 0.273. The van der Waals surface area contributed by atoms with E-state index in [-0.39, 0.29) is 0 Å². The van der Waals surface area contributed by atoms with Crippen LogP contribution in [0, 0.1) is 5.92 Å². The van der Waals surface area contributed by atoms with Crippen molar-refractivity contribution < 1.29 is 4.42 Å². The molecule has 2 atom stereocenters. The Morgan fingerprint density at radius 3 is 2.89 bits per heavy atom. The zero-order chi connectivity index (χ0) is 18.1. The second kappa shape index (κ2) is 7.00. The fourth-order valence-electron chi connectivity index (χ4n) is 4.30. The van der Waals surface area contributed by atoms with Gasteiger partial charge in [0.2, 0.25) is 0 Å². The number of benzene rings is 2. The molecular weight excluding hydrogens is 336 g/mol. The van der Waals surface area contributed by atoms with Crippen LogP contribution < -0.4 is 5.32 Å². The number of nitrogens with zero attached hydrogens (tertiary/aromatic N) is 2. The van der Waals surface area contributed by atoms with Gasteiger partial charge in [-0.15, -0.1) is 0 Å². The molecule has 0 unspecified atom stereocenters. The molecule has 5 nitrogen and oxygen atoms in total. The van der Waals surface area contributed by atoms with Gasteiger partial charge in [-0.1, -0.05) is 30.3 Å². The van der Waals surface area contributed by atoms with Crippen molar-refractivity contribution in [1.82, 2.24) is 20.7 Å². The van der Waals surface area contributed by atoms with Crippen molar-refractivity contribution in [2.24, 2.45) is 5.92 Å². The summed E-state index contributed by atoms with van der Waals surface area (Å²) in [7, 11) is 0. The van der Waals surface area contributed by atoms with E-state index in [1.165, 1.54) is 24.0 Å². The number of furan rings is 1. The summed E-state index contributed by atoms with van der Waals surface area (Å²) in [6, 6.07) is 17.5. The first-order chi connectivity index (χ1) is 13.4. The molecule has 2 N–H and O–H groups in total. The Balaban J connectivity index is 1.52. The summed E-state index contributed by atoms with van der Waals surface area (Å²) in [5.41, 5.74) is 5.53. The van der Waals surface area contributed by atoms with E-state index in [4.69, 9.17) is 4.42 Å². The second-order valence-corrected chi connectivity index (χ2v) is 7.28. The van der Waals surface area contributed by atoms with Crippen molar-refractivity contribution in [3.63, 3.8) is 0 Å². The fourth-order valence-corrected chi connectivity index (χ4v) is 4.30. The van der Waals surface area contributed by atoms with E-state index < -0.39 is 0 Å². The van der Waals surface area contributed by atoms with Crippen molar-refractivity contribution >= 4 is 11.0 Å². The van der Waals surface area contributed by atoms with Crippen LogP contribution in [0.5, 0.6) is 0 Å². The number of aromatic nitrogens is 3. The molecule has 1 fully saturated rings. The molecule has 4 aromatic rings. The molecule has 1 aliphatic rings. The summed E-state index contributed by atoms with van der Waals surface area (Å²) in [6.07, 6.45) is 6.93. The topological polar surface area (TPSA) is 66.7 Å². The third kappa shape index (κ3) is 3.15. The van der Waals surface area contributed by atoms with Gasteiger partial charge in [0.15, 0.2) is 0 Å². The minimum atomic E-state index is 0.376. The van der Waals surface area contributed by atoms with Gasteiger partial charge in [-0.2, -0.15) is 15.4 Å². The Labute approximate surface area is 157 Å². The van der Waals surface area contributed by atoms with Gasteiger partial charge < -0.3 is 9.73 Å². The van der Waals surface area contributed by atoms with E-state index in [1.54, 1.807) is 12.5 Å². The first kappa shape index (κ1) is 16.3. The van der Waals surface area contributed by atoms with Gasteiger partial charge >= 0.3 is 0 Å².